The highest BCUT2D eigenvalue weighted by Gasteiger charge is 2.25. The van der Waals surface area contributed by atoms with Crippen LogP contribution >= 0.6 is 0 Å². The van der Waals surface area contributed by atoms with Gasteiger partial charge in [-0.05, 0) is 110 Å². The van der Waals surface area contributed by atoms with E-state index in [-0.39, 0.29) is 0 Å². The van der Waals surface area contributed by atoms with Crippen LogP contribution in [0.4, 0.5) is 0 Å². The first-order valence-corrected chi connectivity index (χ1v) is 32.6. The zero-order valence-corrected chi connectivity index (χ0v) is 60.2. The third-order valence-corrected chi connectivity index (χ3v) is 10.9. The molecule has 468 valence electrons. The molecule has 0 fully saturated rings. The Labute approximate surface area is 505 Å². The number of hydrogen-bond donors (Lipinski definition) is 1. The van der Waals surface area contributed by atoms with Crippen LogP contribution < -0.4 is 5.32 Å². The molecule has 0 radical (unpaired) electrons. The second-order valence-electron chi connectivity index (χ2n) is 23.6. The van der Waals surface area contributed by atoms with E-state index in [1.54, 1.807) is 11.8 Å². The molecule has 0 unspecified atom stereocenters. The van der Waals surface area contributed by atoms with E-state index in [0.717, 1.165) is 36.7 Å². The van der Waals surface area contributed by atoms with Crippen molar-refractivity contribution in [1.29, 1.82) is 0 Å². The summed E-state index contributed by atoms with van der Waals surface area (Å²) in [4.78, 5) is 0. The molecule has 1 aliphatic carbocycles. The van der Waals surface area contributed by atoms with E-state index in [4.69, 9.17) is 9.47 Å². The maximum atomic E-state index is 5.48. The van der Waals surface area contributed by atoms with E-state index in [1.165, 1.54) is 107 Å². The van der Waals surface area contributed by atoms with Crippen molar-refractivity contribution < 1.29 is 9.47 Å². The van der Waals surface area contributed by atoms with Crippen molar-refractivity contribution in [3.8, 4) is 0 Å². The van der Waals surface area contributed by atoms with Crippen LogP contribution in [0.5, 0.6) is 0 Å². The summed E-state index contributed by atoms with van der Waals surface area (Å²) in [6.07, 6.45) is 20.1. The first-order chi connectivity index (χ1) is 37.4. The first-order valence-electron chi connectivity index (χ1n) is 32.6. The molecule has 1 aromatic carbocycles. The van der Waals surface area contributed by atoms with E-state index >= 15 is 0 Å². The lowest BCUT2D eigenvalue weighted by Gasteiger charge is -2.29. The number of fused-ring (bicyclic) bond motifs is 1. The number of nitrogens with one attached hydrogen (secondary N) is 1. The SMILES string of the molecule is C=C1C(C(C)C)=C(C(C)C)Cc2ccccc21.C=C1NC=CC(C(C)C)=C1C(C)C.C=C1OC=CC(C(C)C)=C1C(C)C.C=C1OCCC(C(C)C)=C1C(C)C.CCC.CCC.CCC.CCC.CCC.CCC.CCC.CCC. The number of dihydropyridines is 1. The van der Waals surface area contributed by atoms with Crippen molar-refractivity contribution in [1.82, 2.24) is 5.32 Å². The first kappa shape index (κ1) is 89.8. The maximum absolute atomic E-state index is 5.48. The van der Waals surface area contributed by atoms with E-state index in [2.05, 4.69) is 290 Å². The largest absolute Gasteiger partial charge is 0.494 e. The Morgan fingerprint density at radius 1 is 0.412 bits per heavy atom. The molecule has 0 saturated heterocycles. The van der Waals surface area contributed by atoms with Gasteiger partial charge in [-0.3, -0.25) is 0 Å². The molecule has 5 rings (SSSR count). The van der Waals surface area contributed by atoms with Crippen LogP contribution in [0.2, 0.25) is 0 Å². The summed E-state index contributed by atoms with van der Waals surface area (Å²) in [6, 6.07) is 8.68. The Morgan fingerprint density at radius 2 is 0.775 bits per heavy atom. The van der Waals surface area contributed by atoms with Crippen molar-refractivity contribution in [2.45, 2.75) is 286 Å². The fourth-order valence-corrected chi connectivity index (χ4v) is 8.23. The molecular weight excluding hydrogens is 971 g/mol. The summed E-state index contributed by atoms with van der Waals surface area (Å²) in [5.41, 5.74) is 16.4. The van der Waals surface area contributed by atoms with Gasteiger partial charge >= 0.3 is 0 Å². The number of benzene rings is 1. The van der Waals surface area contributed by atoms with Gasteiger partial charge in [0.05, 0.1) is 12.9 Å². The lowest BCUT2D eigenvalue weighted by Crippen LogP contribution is -2.17. The summed E-state index contributed by atoms with van der Waals surface area (Å²) in [6.45, 7) is 86.7. The summed E-state index contributed by atoms with van der Waals surface area (Å²) < 4.78 is 10.8. The second-order valence-corrected chi connectivity index (χ2v) is 23.6. The highest BCUT2D eigenvalue weighted by Crippen LogP contribution is 2.40. The lowest BCUT2D eigenvalue weighted by molar-refractivity contribution is 0.202. The predicted molar refractivity (Wildman–Crippen MR) is 374 cm³/mol. The Balaban J connectivity index is -0.000000157. The van der Waals surface area contributed by atoms with Crippen LogP contribution in [0.3, 0.4) is 0 Å². The predicted octanol–water partition coefficient (Wildman–Crippen LogP) is 26.6. The number of hydrogen-bond acceptors (Lipinski definition) is 3. The van der Waals surface area contributed by atoms with Crippen LogP contribution in [-0.4, -0.2) is 6.61 Å². The summed E-state index contributed by atoms with van der Waals surface area (Å²) in [5, 5.41) is 3.17. The highest BCUT2D eigenvalue weighted by atomic mass is 16.5. The van der Waals surface area contributed by atoms with Gasteiger partial charge in [0.25, 0.3) is 0 Å². The van der Waals surface area contributed by atoms with Gasteiger partial charge in [0.2, 0.25) is 0 Å². The van der Waals surface area contributed by atoms with Crippen LogP contribution in [0.25, 0.3) is 5.57 Å². The van der Waals surface area contributed by atoms with Crippen molar-refractivity contribution in [2.24, 2.45) is 47.3 Å². The number of rotatable bonds is 8. The molecule has 80 heavy (non-hydrogen) atoms. The number of ether oxygens (including phenoxy) is 2. The van der Waals surface area contributed by atoms with Gasteiger partial charge in [0, 0.05) is 23.9 Å². The normalized spacial score (nSPS) is 13.8. The van der Waals surface area contributed by atoms with Crippen LogP contribution in [0, 0.1) is 47.3 Å². The summed E-state index contributed by atoms with van der Waals surface area (Å²) in [7, 11) is 0. The molecule has 3 nitrogen and oxygen atoms in total. The number of allylic oxidation sites excluding steroid dienone is 10. The quantitative estimate of drug-likeness (QED) is 0.281. The average molecular weight is 1110 g/mol. The minimum atomic E-state index is 0.481. The van der Waals surface area contributed by atoms with Gasteiger partial charge in [-0.1, -0.05) is 335 Å². The van der Waals surface area contributed by atoms with Crippen molar-refractivity contribution in [3.05, 3.63) is 148 Å². The van der Waals surface area contributed by atoms with Gasteiger partial charge in [-0.15, -0.1) is 0 Å². The average Bonchev–Trinajstić information content (AvgIpc) is 3.36. The maximum Gasteiger partial charge on any atom is 0.123 e. The van der Waals surface area contributed by atoms with E-state index in [1.807, 2.05) is 6.20 Å². The summed E-state index contributed by atoms with van der Waals surface area (Å²) >= 11 is 0. The lowest BCUT2D eigenvalue weighted by atomic mass is 9.75. The van der Waals surface area contributed by atoms with Crippen molar-refractivity contribution >= 4 is 5.57 Å². The zero-order valence-electron chi connectivity index (χ0n) is 60.2. The highest BCUT2D eigenvalue weighted by molar-refractivity contribution is 5.83. The second kappa shape index (κ2) is 58.2. The minimum absolute atomic E-state index is 0.481. The van der Waals surface area contributed by atoms with Gasteiger partial charge in [0.15, 0.2) is 0 Å². The molecule has 4 aliphatic rings. The van der Waals surface area contributed by atoms with E-state index in [9.17, 15) is 0 Å². The van der Waals surface area contributed by atoms with Gasteiger partial charge in [-0.25, -0.2) is 0 Å². The fourth-order valence-electron chi connectivity index (χ4n) is 8.23. The standard InChI is InChI=1S/C17H22.C12H19N.C12H20O.C12H18O.8C3H8/c1-11(2)16-10-14-8-6-7-9-15(14)13(5)17(16)12(3)4;3*1-8(2)11-6-7-13-10(5)12(11)9(3)4;8*1-3-2/h6-9,11-12H,5,10H2,1-4H3;6-9,13H,5H2,1-4H3;8-9H,5-7H2,1-4H3;6-9H,5H2,1-4H3;8*3H2,1-2H3. The molecule has 1 aromatic rings. The zero-order chi connectivity index (χ0) is 64.3. The molecule has 0 atom stereocenters. The van der Waals surface area contributed by atoms with Crippen LogP contribution in [0.15, 0.2) is 137 Å². The fraction of sp³-hybridized carbons (Fsp3) is 0.662. The van der Waals surface area contributed by atoms with Gasteiger partial charge in [-0.2, -0.15) is 0 Å². The van der Waals surface area contributed by atoms with Crippen molar-refractivity contribution in [3.63, 3.8) is 0 Å². The smallest absolute Gasteiger partial charge is 0.123 e. The van der Waals surface area contributed by atoms with Gasteiger partial charge in [0.1, 0.15) is 11.5 Å². The minimum Gasteiger partial charge on any atom is -0.494 e. The van der Waals surface area contributed by atoms with Gasteiger partial charge < -0.3 is 14.8 Å². The van der Waals surface area contributed by atoms with E-state index < -0.39 is 0 Å². The molecule has 1 N–H and O–H groups in total. The molecule has 0 spiro atoms. The Kier molecular flexibility index (Phi) is 65.4. The van der Waals surface area contributed by atoms with Crippen LogP contribution in [-0.2, 0) is 15.9 Å². The monoisotopic (exact) mass is 1110 g/mol. The molecule has 3 heteroatoms. The topological polar surface area (TPSA) is 30.5 Å². The molecule has 0 aromatic heterocycles. The van der Waals surface area contributed by atoms with Crippen molar-refractivity contribution in [2.75, 3.05) is 6.61 Å². The Morgan fingerprint density at radius 3 is 1.09 bits per heavy atom. The molecule has 0 saturated carbocycles. The summed E-state index contributed by atoms with van der Waals surface area (Å²) in [5.74, 6) is 6.17. The van der Waals surface area contributed by atoms with E-state index in [0.29, 0.717) is 47.3 Å². The Hall–Kier alpha value is -3.98. The third-order valence-electron chi connectivity index (χ3n) is 10.9. The third kappa shape index (κ3) is 41.9. The Bertz CT molecular complexity index is 1800. The molecular formula is C77H143NO2. The van der Waals surface area contributed by atoms with Crippen LogP contribution in [0.1, 0.15) is 290 Å². The molecule has 0 bridgehead atoms. The molecule has 3 heterocycles. The molecule has 3 aliphatic heterocycles. The molecule has 0 amide bonds.